The summed E-state index contributed by atoms with van der Waals surface area (Å²) >= 11 is 0. The highest BCUT2D eigenvalue weighted by Gasteiger charge is 2.22. The summed E-state index contributed by atoms with van der Waals surface area (Å²) in [6.45, 7) is 8.35. The van der Waals surface area contributed by atoms with Crippen molar-refractivity contribution in [2.24, 2.45) is 4.99 Å². The number of piperazine rings is 1. The van der Waals surface area contributed by atoms with Gasteiger partial charge in [-0.25, -0.2) is 0 Å². The van der Waals surface area contributed by atoms with Gasteiger partial charge in [-0.1, -0.05) is 5.16 Å². The van der Waals surface area contributed by atoms with Crippen molar-refractivity contribution < 1.29 is 9.26 Å². The first-order chi connectivity index (χ1) is 11.7. The summed E-state index contributed by atoms with van der Waals surface area (Å²) in [6.07, 6.45) is 1.86. The van der Waals surface area contributed by atoms with Crippen LogP contribution in [0.3, 0.4) is 0 Å². The fourth-order valence-electron chi connectivity index (χ4n) is 3.19. The molecule has 3 heterocycles. The second-order valence-electron chi connectivity index (χ2n) is 6.44. The van der Waals surface area contributed by atoms with Crippen LogP contribution in [0.25, 0.3) is 0 Å². The molecule has 0 amide bonds. The maximum Gasteiger partial charge on any atom is 0.193 e. The second kappa shape index (κ2) is 10.3. The Hall–Kier alpha value is -0.910. The van der Waals surface area contributed by atoms with Crippen molar-refractivity contribution in [1.82, 2.24) is 25.2 Å². The summed E-state index contributed by atoms with van der Waals surface area (Å²) in [4.78, 5) is 11.4. The summed E-state index contributed by atoms with van der Waals surface area (Å²) in [5.41, 5.74) is 0.990. The van der Waals surface area contributed by atoms with Crippen molar-refractivity contribution in [3.05, 3.63) is 18.0 Å². The van der Waals surface area contributed by atoms with Crippen molar-refractivity contribution in [3.63, 3.8) is 0 Å². The molecule has 2 aliphatic rings. The monoisotopic (exact) mass is 464 g/mol. The van der Waals surface area contributed by atoms with E-state index in [-0.39, 0.29) is 30.1 Å². The first-order valence-electron chi connectivity index (χ1n) is 8.62. The number of rotatable bonds is 4. The van der Waals surface area contributed by atoms with Crippen LogP contribution >= 0.6 is 24.0 Å². The van der Waals surface area contributed by atoms with Gasteiger partial charge in [-0.3, -0.25) is 9.89 Å². The summed E-state index contributed by atoms with van der Waals surface area (Å²) in [5.74, 6) is 0.966. The SMILES string of the molecule is CN=C(NCC1CN(C)CCO1)N1CCN(Cc2ccon2)CC1.I. The summed E-state index contributed by atoms with van der Waals surface area (Å²) < 4.78 is 10.7. The number of hydrogen-bond donors (Lipinski definition) is 1. The van der Waals surface area contributed by atoms with E-state index in [0.29, 0.717) is 0 Å². The molecule has 0 aromatic carbocycles. The van der Waals surface area contributed by atoms with E-state index in [0.717, 1.165) is 70.6 Å². The summed E-state index contributed by atoms with van der Waals surface area (Å²) in [6, 6.07) is 1.92. The van der Waals surface area contributed by atoms with Crippen molar-refractivity contribution in [2.45, 2.75) is 12.6 Å². The third kappa shape index (κ3) is 6.08. The topological polar surface area (TPSA) is 69.4 Å². The highest BCUT2D eigenvalue weighted by atomic mass is 127. The molecule has 8 nitrogen and oxygen atoms in total. The minimum absolute atomic E-state index is 0. The van der Waals surface area contributed by atoms with E-state index >= 15 is 0 Å². The molecule has 0 spiro atoms. The van der Waals surface area contributed by atoms with Crippen LogP contribution in [0.4, 0.5) is 0 Å². The lowest BCUT2D eigenvalue weighted by atomic mass is 10.2. The molecule has 25 heavy (non-hydrogen) atoms. The van der Waals surface area contributed by atoms with Gasteiger partial charge in [-0.15, -0.1) is 24.0 Å². The van der Waals surface area contributed by atoms with Crippen LogP contribution in [0.2, 0.25) is 0 Å². The first kappa shape index (κ1) is 20.4. The molecule has 2 saturated heterocycles. The Labute approximate surface area is 166 Å². The third-order valence-corrected chi connectivity index (χ3v) is 4.59. The van der Waals surface area contributed by atoms with Crippen LogP contribution in [0.1, 0.15) is 5.69 Å². The van der Waals surface area contributed by atoms with Gasteiger partial charge in [0.2, 0.25) is 0 Å². The van der Waals surface area contributed by atoms with Crippen molar-refractivity contribution >= 4 is 29.9 Å². The average Bonchev–Trinajstić information content (AvgIpc) is 3.10. The number of ether oxygens (including phenoxy) is 1. The van der Waals surface area contributed by atoms with Gasteiger partial charge in [-0.05, 0) is 7.05 Å². The Morgan fingerprint density at radius 1 is 1.32 bits per heavy atom. The number of guanidine groups is 1. The van der Waals surface area contributed by atoms with Crippen LogP contribution in [0, 0.1) is 0 Å². The van der Waals surface area contributed by atoms with Crippen LogP contribution in [0.15, 0.2) is 21.8 Å². The zero-order valence-electron chi connectivity index (χ0n) is 15.1. The quantitative estimate of drug-likeness (QED) is 0.391. The molecule has 142 valence electrons. The number of aromatic nitrogens is 1. The highest BCUT2D eigenvalue weighted by molar-refractivity contribution is 14.0. The minimum atomic E-state index is 0. The van der Waals surface area contributed by atoms with E-state index in [1.54, 1.807) is 6.26 Å². The van der Waals surface area contributed by atoms with Crippen molar-refractivity contribution in [2.75, 3.05) is 66.5 Å². The lowest BCUT2D eigenvalue weighted by molar-refractivity contribution is -0.0164. The van der Waals surface area contributed by atoms with Gasteiger partial charge < -0.3 is 24.4 Å². The molecule has 9 heteroatoms. The summed E-state index contributed by atoms with van der Waals surface area (Å²) in [7, 11) is 3.98. The fourth-order valence-corrected chi connectivity index (χ4v) is 3.19. The van der Waals surface area contributed by atoms with Gasteiger partial charge in [0.25, 0.3) is 0 Å². The third-order valence-electron chi connectivity index (χ3n) is 4.59. The molecule has 3 rings (SSSR count). The zero-order chi connectivity index (χ0) is 16.8. The Morgan fingerprint density at radius 2 is 2.12 bits per heavy atom. The predicted molar refractivity (Wildman–Crippen MR) is 107 cm³/mol. The molecule has 0 radical (unpaired) electrons. The Kier molecular flexibility index (Phi) is 8.40. The smallest absolute Gasteiger partial charge is 0.193 e. The van der Waals surface area contributed by atoms with E-state index in [2.05, 4.69) is 37.2 Å². The summed E-state index contributed by atoms with van der Waals surface area (Å²) in [5, 5.41) is 7.45. The molecule has 2 fully saturated rings. The van der Waals surface area contributed by atoms with Gasteiger partial charge in [0, 0.05) is 65.5 Å². The van der Waals surface area contributed by atoms with E-state index < -0.39 is 0 Å². The molecule has 1 aromatic heterocycles. The standard InChI is InChI=1S/C16H28N6O2.HI/c1-17-16(18-11-15-13-20(2)8-10-23-15)22-6-4-21(5-7-22)12-14-3-9-24-19-14;/h3,9,15H,4-8,10-13H2,1-2H3,(H,17,18);1H. The molecule has 1 aromatic rings. The maximum absolute atomic E-state index is 5.80. The molecular weight excluding hydrogens is 435 g/mol. The van der Waals surface area contributed by atoms with Crippen LogP contribution in [-0.2, 0) is 11.3 Å². The van der Waals surface area contributed by atoms with E-state index in [4.69, 9.17) is 9.26 Å². The second-order valence-corrected chi connectivity index (χ2v) is 6.44. The number of likely N-dealkylation sites (N-methyl/N-ethyl adjacent to an activating group) is 1. The lowest BCUT2D eigenvalue weighted by Crippen LogP contribution is -2.54. The minimum Gasteiger partial charge on any atom is -0.374 e. The first-order valence-corrected chi connectivity index (χ1v) is 8.62. The van der Waals surface area contributed by atoms with Crippen LogP contribution in [-0.4, -0.2) is 98.4 Å². The molecule has 1 unspecified atom stereocenters. The molecule has 2 aliphatic heterocycles. The van der Waals surface area contributed by atoms with Gasteiger partial charge in [0.05, 0.1) is 18.4 Å². The lowest BCUT2D eigenvalue weighted by Gasteiger charge is -2.37. The molecule has 0 saturated carbocycles. The number of nitrogens with one attached hydrogen (secondary N) is 1. The van der Waals surface area contributed by atoms with Crippen molar-refractivity contribution in [1.29, 1.82) is 0 Å². The largest absolute Gasteiger partial charge is 0.374 e. The van der Waals surface area contributed by atoms with E-state index in [1.165, 1.54) is 0 Å². The molecular formula is C16H29IN6O2. The average molecular weight is 464 g/mol. The van der Waals surface area contributed by atoms with Gasteiger partial charge in [-0.2, -0.15) is 0 Å². The Balaban J connectivity index is 0.00000225. The van der Waals surface area contributed by atoms with Crippen molar-refractivity contribution in [3.8, 4) is 0 Å². The number of aliphatic imine (C=N–C) groups is 1. The van der Waals surface area contributed by atoms with E-state index in [9.17, 15) is 0 Å². The fraction of sp³-hybridized carbons (Fsp3) is 0.750. The number of nitrogens with zero attached hydrogens (tertiary/aromatic N) is 5. The van der Waals surface area contributed by atoms with Gasteiger partial charge in [0.15, 0.2) is 5.96 Å². The number of hydrogen-bond acceptors (Lipinski definition) is 6. The Morgan fingerprint density at radius 3 is 2.76 bits per heavy atom. The number of morpholine rings is 1. The Bertz CT molecular complexity index is 519. The molecule has 0 bridgehead atoms. The number of halogens is 1. The van der Waals surface area contributed by atoms with Gasteiger partial charge in [0.1, 0.15) is 6.26 Å². The predicted octanol–water partition coefficient (Wildman–Crippen LogP) is 0.316. The molecule has 0 aliphatic carbocycles. The molecule has 1 N–H and O–H groups in total. The van der Waals surface area contributed by atoms with Gasteiger partial charge >= 0.3 is 0 Å². The molecule has 1 atom stereocenters. The maximum atomic E-state index is 5.80. The van der Waals surface area contributed by atoms with Crippen LogP contribution in [0.5, 0.6) is 0 Å². The van der Waals surface area contributed by atoms with E-state index in [1.807, 2.05) is 13.1 Å². The highest BCUT2D eigenvalue weighted by Crippen LogP contribution is 2.08. The zero-order valence-corrected chi connectivity index (χ0v) is 17.4. The van der Waals surface area contributed by atoms with Crippen LogP contribution < -0.4 is 5.32 Å². The normalized spacial score (nSPS) is 23.4.